The summed E-state index contributed by atoms with van der Waals surface area (Å²) < 4.78 is 15.6. The van der Waals surface area contributed by atoms with Crippen LogP contribution in [0.4, 0.5) is 10.5 Å². The zero-order chi connectivity index (χ0) is 14.4. The number of nitrogens with one attached hydrogen (secondary N) is 1. The Morgan fingerprint density at radius 3 is 2.42 bits per heavy atom. The molecule has 0 aliphatic rings. The van der Waals surface area contributed by atoms with Gasteiger partial charge in [-0.05, 0) is 31.9 Å². The van der Waals surface area contributed by atoms with Crippen molar-refractivity contribution >= 4 is 11.8 Å². The van der Waals surface area contributed by atoms with Gasteiger partial charge in [-0.1, -0.05) is 6.92 Å². The molecule has 0 heterocycles. The highest BCUT2D eigenvalue weighted by Crippen LogP contribution is 2.34. The van der Waals surface area contributed by atoms with Gasteiger partial charge in [-0.15, -0.1) is 0 Å². The van der Waals surface area contributed by atoms with Gasteiger partial charge in [0.05, 0.1) is 20.3 Å². The number of anilines is 1. The van der Waals surface area contributed by atoms with Crippen LogP contribution < -0.4 is 14.8 Å². The number of methoxy groups -OCH3 is 2. The number of aryl methyl sites for hydroxylation is 1. The van der Waals surface area contributed by atoms with Crippen molar-refractivity contribution in [2.24, 2.45) is 0 Å². The largest absolute Gasteiger partial charge is 0.493 e. The summed E-state index contributed by atoms with van der Waals surface area (Å²) in [6.07, 6.45) is 0.129. The molecule has 0 aromatic heterocycles. The van der Waals surface area contributed by atoms with E-state index in [1.807, 2.05) is 13.0 Å². The summed E-state index contributed by atoms with van der Waals surface area (Å²) in [6.45, 7) is 5.60. The molecular weight excluding hydrogens is 246 g/mol. The molecule has 0 aliphatic carbocycles. The van der Waals surface area contributed by atoms with Crippen LogP contribution in [0, 0.1) is 0 Å². The van der Waals surface area contributed by atoms with Crippen molar-refractivity contribution in [3.8, 4) is 11.5 Å². The first-order valence-electron chi connectivity index (χ1n) is 6.24. The van der Waals surface area contributed by atoms with Crippen molar-refractivity contribution in [2.45, 2.75) is 33.3 Å². The van der Waals surface area contributed by atoms with Gasteiger partial charge in [-0.3, -0.25) is 5.32 Å². The lowest BCUT2D eigenvalue weighted by Crippen LogP contribution is -2.18. The first-order valence-corrected chi connectivity index (χ1v) is 6.24. The normalized spacial score (nSPS) is 10.2. The molecule has 1 N–H and O–H groups in total. The fourth-order valence-corrected chi connectivity index (χ4v) is 1.74. The van der Waals surface area contributed by atoms with Gasteiger partial charge < -0.3 is 14.2 Å². The number of rotatable bonds is 5. The monoisotopic (exact) mass is 267 g/mol. The number of amides is 1. The van der Waals surface area contributed by atoms with Crippen molar-refractivity contribution in [3.05, 3.63) is 17.7 Å². The summed E-state index contributed by atoms with van der Waals surface area (Å²) in [6, 6.07) is 3.56. The van der Waals surface area contributed by atoms with Crippen LogP contribution in [-0.2, 0) is 11.2 Å². The highest BCUT2D eigenvalue weighted by atomic mass is 16.6. The van der Waals surface area contributed by atoms with E-state index in [2.05, 4.69) is 5.32 Å². The summed E-state index contributed by atoms with van der Waals surface area (Å²) in [4.78, 5) is 11.6. The predicted octanol–water partition coefficient (Wildman–Crippen LogP) is 3.22. The molecule has 0 fully saturated rings. The van der Waals surface area contributed by atoms with Gasteiger partial charge in [0.1, 0.15) is 0 Å². The molecule has 0 radical (unpaired) electrons. The van der Waals surface area contributed by atoms with E-state index in [9.17, 15) is 4.79 Å². The quantitative estimate of drug-likeness (QED) is 0.890. The fraction of sp³-hybridized carbons (Fsp3) is 0.500. The molecular formula is C14H21NO4. The molecule has 0 unspecified atom stereocenters. The minimum Gasteiger partial charge on any atom is -0.493 e. The van der Waals surface area contributed by atoms with Crippen LogP contribution in [0.3, 0.4) is 0 Å². The molecule has 0 atom stereocenters. The van der Waals surface area contributed by atoms with Crippen molar-refractivity contribution < 1.29 is 19.0 Å². The van der Waals surface area contributed by atoms with Crippen LogP contribution in [0.5, 0.6) is 11.5 Å². The topological polar surface area (TPSA) is 56.8 Å². The Balaban J connectivity index is 2.99. The second kappa shape index (κ2) is 6.87. The summed E-state index contributed by atoms with van der Waals surface area (Å²) in [7, 11) is 3.16. The standard InChI is InChI=1S/C14H21NO4/c1-6-10-7-11(15-14(16)19-9(2)3)8-12(17-4)13(10)18-5/h7-9H,6H2,1-5H3,(H,15,16). The van der Waals surface area contributed by atoms with E-state index in [-0.39, 0.29) is 6.10 Å². The molecule has 0 spiro atoms. The Morgan fingerprint density at radius 1 is 1.26 bits per heavy atom. The lowest BCUT2D eigenvalue weighted by atomic mass is 10.1. The molecule has 1 aromatic carbocycles. The van der Waals surface area contributed by atoms with Crippen LogP contribution in [0.1, 0.15) is 26.3 Å². The minimum absolute atomic E-state index is 0.161. The molecule has 19 heavy (non-hydrogen) atoms. The van der Waals surface area contributed by atoms with E-state index >= 15 is 0 Å². The zero-order valence-corrected chi connectivity index (χ0v) is 12.1. The molecule has 5 nitrogen and oxygen atoms in total. The van der Waals surface area contributed by atoms with Gasteiger partial charge in [0.2, 0.25) is 0 Å². The van der Waals surface area contributed by atoms with E-state index in [1.165, 1.54) is 0 Å². The van der Waals surface area contributed by atoms with Gasteiger partial charge in [-0.2, -0.15) is 0 Å². The zero-order valence-electron chi connectivity index (χ0n) is 12.1. The lowest BCUT2D eigenvalue weighted by molar-refractivity contribution is 0.130. The van der Waals surface area contributed by atoms with Gasteiger partial charge in [0, 0.05) is 11.8 Å². The number of ether oxygens (including phenoxy) is 3. The maximum atomic E-state index is 11.6. The van der Waals surface area contributed by atoms with Gasteiger partial charge in [0.25, 0.3) is 0 Å². The molecule has 0 aliphatic heterocycles. The predicted molar refractivity (Wildman–Crippen MR) is 74.2 cm³/mol. The Kier molecular flexibility index (Phi) is 5.48. The number of carbonyl (C=O) groups excluding carboxylic acids is 1. The molecule has 0 saturated heterocycles. The molecule has 1 aromatic rings. The highest BCUT2D eigenvalue weighted by Gasteiger charge is 2.13. The van der Waals surface area contributed by atoms with Gasteiger partial charge in [-0.25, -0.2) is 4.79 Å². The van der Waals surface area contributed by atoms with Crippen molar-refractivity contribution in [1.29, 1.82) is 0 Å². The van der Waals surface area contributed by atoms with Crippen LogP contribution in [0.15, 0.2) is 12.1 Å². The SMILES string of the molecule is CCc1cc(NC(=O)OC(C)C)cc(OC)c1OC. The number of carbonyl (C=O) groups is 1. The lowest BCUT2D eigenvalue weighted by Gasteiger charge is -2.15. The van der Waals surface area contributed by atoms with E-state index in [0.717, 1.165) is 12.0 Å². The van der Waals surface area contributed by atoms with E-state index < -0.39 is 6.09 Å². The molecule has 0 saturated carbocycles. The number of hydrogen-bond acceptors (Lipinski definition) is 4. The first-order chi connectivity index (χ1) is 9.01. The van der Waals surface area contributed by atoms with E-state index in [0.29, 0.717) is 17.2 Å². The van der Waals surface area contributed by atoms with Crippen molar-refractivity contribution in [2.75, 3.05) is 19.5 Å². The van der Waals surface area contributed by atoms with E-state index in [1.54, 1.807) is 34.1 Å². The second-order valence-electron chi connectivity index (χ2n) is 4.30. The smallest absolute Gasteiger partial charge is 0.411 e. The summed E-state index contributed by atoms with van der Waals surface area (Å²) >= 11 is 0. The van der Waals surface area contributed by atoms with Crippen LogP contribution in [0.25, 0.3) is 0 Å². The molecule has 5 heteroatoms. The Morgan fingerprint density at radius 2 is 1.95 bits per heavy atom. The van der Waals surface area contributed by atoms with E-state index in [4.69, 9.17) is 14.2 Å². The molecule has 0 bridgehead atoms. The third-order valence-electron chi connectivity index (χ3n) is 2.53. The number of hydrogen-bond donors (Lipinski definition) is 1. The first kappa shape index (κ1) is 15.1. The van der Waals surface area contributed by atoms with Crippen LogP contribution in [0.2, 0.25) is 0 Å². The van der Waals surface area contributed by atoms with Gasteiger partial charge >= 0.3 is 6.09 Å². The second-order valence-corrected chi connectivity index (χ2v) is 4.30. The van der Waals surface area contributed by atoms with Crippen molar-refractivity contribution in [1.82, 2.24) is 0 Å². The average Bonchev–Trinajstić information content (AvgIpc) is 2.36. The van der Waals surface area contributed by atoms with Crippen LogP contribution >= 0.6 is 0 Å². The summed E-state index contributed by atoms with van der Waals surface area (Å²) in [5.41, 5.74) is 1.59. The minimum atomic E-state index is -0.482. The highest BCUT2D eigenvalue weighted by molar-refractivity contribution is 5.85. The maximum absolute atomic E-state index is 11.6. The molecule has 106 valence electrons. The third kappa shape index (κ3) is 4.05. The third-order valence-corrected chi connectivity index (χ3v) is 2.53. The molecule has 1 rings (SSSR count). The summed E-state index contributed by atoms with van der Waals surface area (Å²) in [5, 5.41) is 2.68. The Labute approximate surface area is 113 Å². The Hall–Kier alpha value is -1.91. The fourth-order valence-electron chi connectivity index (χ4n) is 1.74. The summed E-state index contributed by atoms with van der Waals surface area (Å²) in [5.74, 6) is 1.27. The number of benzene rings is 1. The Bertz CT molecular complexity index is 418. The average molecular weight is 267 g/mol. The van der Waals surface area contributed by atoms with Crippen LogP contribution in [-0.4, -0.2) is 26.4 Å². The molecule has 1 amide bonds. The van der Waals surface area contributed by atoms with Gasteiger partial charge in [0.15, 0.2) is 11.5 Å². The maximum Gasteiger partial charge on any atom is 0.411 e. The van der Waals surface area contributed by atoms with Crippen molar-refractivity contribution in [3.63, 3.8) is 0 Å².